The number of carbonyl (C=O) groups is 2. The number of furan rings is 1. The fourth-order valence-electron chi connectivity index (χ4n) is 2.09. The maximum Gasteiger partial charge on any atom is 0.328 e. The van der Waals surface area contributed by atoms with E-state index in [1.165, 1.54) is 6.07 Å². The van der Waals surface area contributed by atoms with E-state index in [1.54, 1.807) is 13.0 Å². The Hall–Kier alpha value is -2.27. The van der Waals surface area contributed by atoms with Crippen LogP contribution in [0.15, 0.2) is 46.9 Å². The highest BCUT2D eigenvalue weighted by molar-refractivity contribution is 6.16. The lowest BCUT2D eigenvalue weighted by molar-refractivity contribution is -0.145. The maximum absolute atomic E-state index is 12.2. The second-order valence-electron chi connectivity index (χ2n) is 4.87. The molecule has 1 amide bonds. The van der Waals surface area contributed by atoms with Gasteiger partial charge in [0.2, 0.25) is 0 Å². The molecule has 0 saturated carbocycles. The number of rotatable bonds is 7. The molecule has 2 rings (SSSR count). The number of ether oxygens (including phenoxy) is 1. The van der Waals surface area contributed by atoms with Crippen molar-refractivity contribution in [2.75, 3.05) is 6.61 Å². The molecular weight excluding hydrogens is 318 g/mol. The number of esters is 1. The fourth-order valence-corrected chi connectivity index (χ4v) is 2.23. The summed E-state index contributed by atoms with van der Waals surface area (Å²) in [6.07, 6.45) is 0.342. The van der Waals surface area contributed by atoms with Gasteiger partial charge in [-0.15, -0.1) is 11.6 Å². The Morgan fingerprint density at radius 3 is 2.57 bits per heavy atom. The summed E-state index contributed by atoms with van der Waals surface area (Å²) in [5, 5.41) is 2.65. The molecule has 2 aromatic rings. The highest BCUT2D eigenvalue weighted by Crippen LogP contribution is 2.11. The van der Waals surface area contributed by atoms with Gasteiger partial charge in [-0.2, -0.15) is 0 Å². The van der Waals surface area contributed by atoms with Crippen molar-refractivity contribution in [3.8, 4) is 0 Å². The van der Waals surface area contributed by atoms with Gasteiger partial charge >= 0.3 is 5.97 Å². The molecule has 122 valence electrons. The van der Waals surface area contributed by atoms with Crippen LogP contribution in [0.1, 0.15) is 28.8 Å². The lowest BCUT2D eigenvalue weighted by Gasteiger charge is -2.16. The minimum Gasteiger partial charge on any atom is -0.464 e. The summed E-state index contributed by atoms with van der Waals surface area (Å²) in [6.45, 7) is 1.97. The highest BCUT2D eigenvalue weighted by atomic mass is 35.5. The first-order valence-corrected chi connectivity index (χ1v) is 7.83. The van der Waals surface area contributed by atoms with Crippen molar-refractivity contribution in [2.45, 2.75) is 25.3 Å². The van der Waals surface area contributed by atoms with Crippen LogP contribution in [0.2, 0.25) is 0 Å². The molecule has 0 bridgehead atoms. The molecule has 1 aromatic carbocycles. The van der Waals surface area contributed by atoms with Gasteiger partial charge in [0.05, 0.1) is 12.5 Å². The number of hydrogen-bond acceptors (Lipinski definition) is 4. The van der Waals surface area contributed by atoms with E-state index in [-0.39, 0.29) is 18.2 Å². The zero-order valence-corrected chi connectivity index (χ0v) is 13.5. The van der Waals surface area contributed by atoms with E-state index < -0.39 is 17.9 Å². The summed E-state index contributed by atoms with van der Waals surface area (Å²) in [5.74, 6) is -0.168. The van der Waals surface area contributed by atoms with Crippen LogP contribution in [0, 0.1) is 0 Å². The van der Waals surface area contributed by atoms with E-state index in [4.69, 9.17) is 20.8 Å². The van der Waals surface area contributed by atoms with Crippen molar-refractivity contribution in [3.63, 3.8) is 0 Å². The quantitative estimate of drug-likeness (QED) is 0.624. The standard InChI is InChI=1S/C17H18ClNO4/c1-2-22-17(21)14(10-12-6-4-3-5-7-12)19-16(20)15-9-8-13(11-18)23-15/h3-9,14H,2,10-11H2,1H3,(H,19,20). The average Bonchev–Trinajstić information content (AvgIpc) is 3.04. The van der Waals surface area contributed by atoms with Gasteiger partial charge < -0.3 is 14.5 Å². The van der Waals surface area contributed by atoms with Crippen LogP contribution in [0.25, 0.3) is 0 Å². The number of alkyl halides is 1. The SMILES string of the molecule is CCOC(=O)C(Cc1ccccc1)NC(=O)c1ccc(CCl)o1. The number of hydrogen-bond donors (Lipinski definition) is 1. The van der Waals surface area contributed by atoms with Crippen LogP contribution in [-0.4, -0.2) is 24.5 Å². The number of nitrogens with one attached hydrogen (secondary N) is 1. The third-order valence-electron chi connectivity index (χ3n) is 3.18. The molecule has 6 heteroatoms. The topological polar surface area (TPSA) is 68.5 Å². The molecule has 0 saturated heterocycles. The minimum absolute atomic E-state index is 0.114. The lowest BCUT2D eigenvalue weighted by atomic mass is 10.1. The molecule has 0 fully saturated rings. The predicted octanol–water partition coefficient (Wildman–Crippen LogP) is 2.92. The monoisotopic (exact) mass is 335 g/mol. The van der Waals surface area contributed by atoms with Crippen LogP contribution in [-0.2, 0) is 21.8 Å². The molecule has 5 nitrogen and oxygen atoms in total. The summed E-state index contributed by atoms with van der Waals surface area (Å²) in [7, 11) is 0. The lowest BCUT2D eigenvalue weighted by Crippen LogP contribution is -2.43. The largest absolute Gasteiger partial charge is 0.464 e. The number of benzene rings is 1. The van der Waals surface area contributed by atoms with Crippen molar-refractivity contribution in [2.24, 2.45) is 0 Å². The summed E-state index contributed by atoms with van der Waals surface area (Å²) >= 11 is 5.65. The molecular formula is C17H18ClNO4. The summed E-state index contributed by atoms with van der Waals surface area (Å²) in [6, 6.07) is 11.8. The van der Waals surface area contributed by atoms with Gasteiger partial charge in [-0.3, -0.25) is 4.79 Å². The Labute approximate surface area is 139 Å². The Balaban J connectivity index is 2.10. The summed E-state index contributed by atoms with van der Waals surface area (Å²) < 4.78 is 10.3. The van der Waals surface area contributed by atoms with Crippen LogP contribution in [0.3, 0.4) is 0 Å². The van der Waals surface area contributed by atoms with Gasteiger partial charge in [-0.25, -0.2) is 4.79 Å². The summed E-state index contributed by atoms with van der Waals surface area (Å²) in [4.78, 5) is 24.3. The van der Waals surface area contributed by atoms with Crippen molar-refractivity contribution >= 4 is 23.5 Å². The number of amides is 1. The van der Waals surface area contributed by atoms with E-state index in [1.807, 2.05) is 30.3 Å². The smallest absolute Gasteiger partial charge is 0.328 e. The van der Waals surface area contributed by atoms with Gasteiger partial charge in [0.1, 0.15) is 11.8 Å². The van der Waals surface area contributed by atoms with E-state index in [2.05, 4.69) is 5.32 Å². The highest BCUT2D eigenvalue weighted by Gasteiger charge is 2.24. The van der Waals surface area contributed by atoms with E-state index >= 15 is 0 Å². The first-order chi connectivity index (χ1) is 11.1. The third-order valence-corrected chi connectivity index (χ3v) is 3.44. The Bertz CT molecular complexity index is 654. The molecule has 1 atom stereocenters. The van der Waals surface area contributed by atoms with Crippen molar-refractivity contribution in [1.29, 1.82) is 0 Å². The second kappa shape index (κ2) is 8.39. The molecule has 0 spiro atoms. The van der Waals surface area contributed by atoms with Crippen LogP contribution < -0.4 is 5.32 Å². The first-order valence-electron chi connectivity index (χ1n) is 7.30. The number of halogens is 1. The normalized spacial score (nSPS) is 11.7. The molecule has 1 N–H and O–H groups in total. The van der Waals surface area contributed by atoms with E-state index in [0.29, 0.717) is 12.2 Å². The van der Waals surface area contributed by atoms with E-state index in [9.17, 15) is 9.59 Å². The molecule has 1 heterocycles. The van der Waals surface area contributed by atoms with Crippen molar-refractivity contribution < 1.29 is 18.7 Å². The van der Waals surface area contributed by atoms with Gasteiger partial charge in [0, 0.05) is 6.42 Å². The zero-order chi connectivity index (χ0) is 16.7. The molecule has 0 aliphatic rings. The second-order valence-corrected chi connectivity index (χ2v) is 5.13. The molecule has 0 aliphatic heterocycles. The Morgan fingerprint density at radius 1 is 1.22 bits per heavy atom. The molecule has 1 aromatic heterocycles. The predicted molar refractivity (Wildman–Crippen MR) is 86.3 cm³/mol. The van der Waals surface area contributed by atoms with Crippen LogP contribution in [0.5, 0.6) is 0 Å². The fraction of sp³-hybridized carbons (Fsp3) is 0.294. The maximum atomic E-state index is 12.2. The zero-order valence-electron chi connectivity index (χ0n) is 12.8. The third kappa shape index (κ3) is 4.86. The molecule has 0 aliphatic carbocycles. The average molecular weight is 336 g/mol. The van der Waals surface area contributed by atoms with Crippen LogP contribution >= 0.6 is 11.6 Å². The summed E-state index contributed by atoms with van der Waals surface area (Å²) in [5.41, 5.74) is 0.923. The van der Waals surface area contributed by atoms with Crippen molar-refractivity contribution in [3.05, 3.63) is 59.5 Å². The van der Waals surface area contributed by atoms with E-state index in [0.717, 1.165) is 5.56 Å². The first kappa shape index (κ1) is 17.1. The van der Waals surface area contributed by atoms with Gasteiger partial charge in [0.25, 0.3) is 5.91 Å². The van der Waals surface area contributed by atoms with Crippen molar-refractivity contribution in [1.82, 2.24) is 5.32 Å². The molecule has 23 heavy (non-hydrogen) atoms. The molecule has 0 radical (unpaired) electrons. The van der Waals surface area contributed by atoms with Crippen LogP contribution in [0.4, 0.5) is 0 Å². The van der Waals surface area contributed by atoms with Gasteiger partial charge in [-0.05, 0) is 24.6 Å². The Morgan fingerprint density at radius 2 is 1.96 bits per heavy atom. The van der Waals surface area contributed by atoms with Gasteiger partial charge in [-0.1, -0.05) is 30.3 Å². The van der Waals surface area contributed by atoms with Gasteiger partial charge in [0.15, 0.2) is 5.76 Å². The minimum atomic E-state index is -0.783. The molecule has 1 unspecified atom stereocenters. The Kier molecular flexibility index (Phi) is 6.23. The number of carbonyl (C=O) groups excluding carboxylic acids is 2.